The number of para-hydroxylation sites is 1. The maximum Gasteiger partial charge on any atom is 0.251 e. The van der Waals surface area contributed by atoms with Crippen molar-refractivity contribution < 1.29 is 30.1 Å². The second-order valence-electron chi connectivity index (χ2n) is 16.2. The van der Waals surface area contributed by atoms with Crippen molar-refractivity contribution in [2.24, 2.45) is 11.7 Å². The smallest absolute Gasteiger partial charge is 0.251 e. The average Bonchev–Trinajstić information content (AvgIpc) is 3.66. The SMILES string of the molecule is CC(=O)[C@H](CCCCNC(=O)c1ccc(-c2c(C#Cc3ccc4ccccc4n3)nc3c(N4CCOCC4)ccnn23)cc1)NC(=O)[C@H](C)NC(=O)[C@H](CC(C)C)NC(=O)[C@H](C)N.[HH]. The van der Waals surface area contributed by atoms with Crippen molar-refractivity contribution >= 4 is 51.6 Å². The van der Waals surface area contributed by atoms with E-state index in [0.29, 0.717) is 73.7 Å². The molecule has 16 nitrogen and oxygen atoms in total. The molecule has 332 valence electrons. The van der Waals surface area contributed by atoms with Crippen molar-refractivity contribution in [2.45, 2.75) is 84.5 Å². The number of hydrogen-bond donors (Lipinski definition) is 5. The number of pyridine rings is 1. The van der Waals surface area contributed by atoms with Crippen LogP contribution in [0.3, 0.4) is 0 Å². The number of rotatable bonds is 17. The Morgan fingerprint density at radius 2 is 1.56 bits per heavy atom. The summed E-state index contributed by atoms with van der Waals surface area (Å²) in [5.41, 5.74) is 11.2. The molecule has 0 unspecified atom stereocenters. The van der Waals surface area contributed by atoms with E-state index in [-0.39, 0.29) is 19.0 Å². The standard InChI is InChI=1S/C47H56N10O6.H2/c1-29(2)28-40(55-44(59)30(3)48)47(62)51-31(4)45(60)54-37(32(5)58)11-8-9-22-49-46(61)35-15-13-34(14-16-35)42-39(20-19-36-18-17-33-10-6-7-12-38(33)52-36)53-43-41(21-23-50-57(42)43)56-24-26-63-27-25-56;/h6-7,10,12-18,21,23,29-31,37,40H,8-9,11,22,24-28,48H2,1-5H3,(H,49,61)(H,51,62)(H,54,60)(H,55,59);1H/t30-,31-,37-,40-;/m0./s1. The summed E-state index contributed by atoms with van der Waals surface area (Å²) in [7, 11) is 0. The number of fused-ring (bicyclic) bond motifs is 2. The maximum absolute atomic E-state index is 13.2. The first-order chi connectivity index (χ1) is 30.3. The maximum atomic E-state index is 13.2. The Morgan fingerprint density at radius 3 is 2.27 bits per heavy atom. The van der Waals surface area contributed by atoms with Gasteiger partial charge in [-0.1, -0.05) is 50.2 Å². The van der Waals surface area contributed by atoms with Gasteiger partial charge in [0.25, 0.3) is 5.91 Å². The molecule has 4 atom stereocenters. The molecule has 1 saturated heterocycles. The van der Waals surface area contributed by atoms with Gasteiger partial charge in [-0.2, -0.15) is 5.10 Å². The fraction of sp³-hybridized carbons (Fsp3) is 0.404. The van der Waals surface area contributed by atoms with Crippen molar-refractivity contribution in [3.8, 4) is 23.1 Å². The van der Waals surface area contributed by atoms with Gasteiger partial charge in [0.1, 0.15) is 29.2 Å². The van der Waals surface area contributed by atoms with Crippen molar-refractivity contribution in [3.63, 3.8) is 0 Å². The van der Waals surface area contributed by atoms with Crippen molar-refractivity contribution in [3.05, 3.63) is 89.9 Å². The molecule has 63 heavy (non-hydrogen) atoms. The zero-order valence-corrected chi connectivity index (χ0v) is 36.4. The van der Waals surface area contributed by atoms with Crippen LogP contribution in [0, 0.1) is 17.8 Å². The van der Waals surface area contributed by atoms with Gasteiger partial charge in [-0.15, -0.1) is 0 Å². The number of carbonyl (C=O) groups is 5. The van der Waals surface area contributed by atoms with Gasteiger partial charge in [-0.05, 0) is 94.5 Å². The van der Waals surface area contributed by atoms with Gasteiger partial charge in [0.2, 0.25) is 17.7 Å². The van der Waals surface area contributed by atoms with E-state index in [9.17, 15) is 24.0 Å². The summed E-state index contributed by atoms with van der Waals surface area (Å²) in [5, 5.41) is 16.7. The molecule has 0 bridgehead atoms. The van der Waals surface area contributed by atoms with Crippen LogP contribution in [0.5, 0.6) is 0 Å². The lowest BCUT2D eigenvalue weighted by Gasteiger charge is -2.28. The predicted molar refractivity (Wildman–Crippen MR) is 243 cm³/mol. The summed E-state index contributed by atoms with van der Waals surface area (Å²) >= 11 is 0. The molecule has 1 aliphatic rings. The van der Waals surface area contributed by atoms with Crippen LogP contribution in [0.1, 0.15) is 83.5 Å². The number of anilines is 1. The number of ether oxygens (including phenoxy) is 1. The first kappa shape index (κ1) is 45.8. The molecule has 4 amide bonds. The summed E-state index contributed by atoms with van der Waals surface area (Å²) in [6.07, 6.45) is 3.54. The normalized spacial score (nSPS) is 14.6. The number of benzene rings is 2. The molecule has 0 radical (unpaired) electrons. The van der Waals surface area contributed by atoms with E-state index in [2.05, 4.69) is 43.1 Å². The number of ketones is 1. The van der Waals surface area contributed by atoms with Gasteiger partial charge in [0.15, 0.2) is 11.4 Å². The van der Waals surface area contributed by atoms with Gasteiger partial charge in [-0.25, -0.2) is 14.5 Å². The number of nitrogens with zero attached hydrogens (tertiary/aromatic N) is 5. The van der Waals surface area contributed by atoms with Crippen LogP contribution < -0.4 is 31.9 Å². The molecular weight excluding hydrogens is 801 g/mol. The summed E-state index contributed by atoms with van der Waals surface area (Å²) in [4.78, 5) is 75.9. The molecule has 16 heteroatoms. The third-order valence-corrected chi connectivity index (χ3v) is 10.7. The third-order valence-electron chi connectivity index (χ3n) is 10.7. The van der Waals surface area contributed by atoms with Gasteiger partial charge < -0.3 is 36.6 Å². The number of unbranched alkanes of at least 4 members (excludes halogenated alkanes) is 1. The highest BCUT2D eigenvalue weighted by atomic mass is 16.5. The van der Waals surface area contributed by atoms with Crippen molar-refractivity contribution in [1.82, 2.24) is 40.8 Å². The van der Waals surface area contributed by atoms with E-state index < -0.39 is 41.9 Å². The third kappa shape index (κ3) is 12.0. The summed E-state index contributed by atoms with van der Waals surface area (Å²) in [6, 6.07) is 17.5. The molecule has 5 aromatic rings. The number of hydrogen-bond acceptors (Lipinski definition) is 11. The van der Waals surface area contributed by atoms with E-state index in [1.807, 2.05) is 68.4 Å². The summed E-state index contributed by atoms with van der Waals surface area (Å²) < 4.78 is 7.39. The molecular formula is C47H58N10O6. The van der Waals surface area contributed by atoms with Crippen LogP contribution in [0.25, 0.3) is 27.8 Å². The second-order valence-corrected chi connectivity index (χ2v) is 16.2. The summed E-state index contributed by atoms with van der Waals surface area (Å²) in [6.45, 7) is 11.3. The van der Waals surface area contributed by atoms with Crippen LogP contribution in [0.15, 0.2) is 72.9 Å². The Hall–Kier alpha value is -6.70. The van der Waals surface area contributed by atoms with Crippen molar-refractivity contribution in [2.75, 3.05) is 37.7 Å². The topological polar surface area (TPSA) is 215 Å². The monoisotopic (exact) mass is 858 g/mol. The number of aromatic nitrogens is 4. The number of nitrogens with two attached hydrogens (primary N) is 1. The highest BCUT2D eigenvalue weighted by Crippen LogP contribution is 2.30. The fourth-order valence-corrected chi connectivity index (χ4v) is 7.21. The van der Waals surface area contributed by atoms with E-state index in [0.717, 1.165) is 35.2 Å². The van der Waals surface area contributed by atoms with Gasteiger partial charge in [-0.3, -0.25) is 24.0 Å². The van der Waals surface area contributed by atoms with E-state index >= 15 is 0 Å². The largest absolute Gasteiger partial charge is 0.378 e. The zero-order chi connectivity index (χ0) is 45.0. The molecule has 1 aliphatic heterocycles. The van der Waals surface area contributed by atoms with Crippen LogP contribution in [-0.4, -0.2) is 106 Å². The van der Waals surface area contributed by atoms with Gasteiger partial charge in [0.05, 0.1) is 42.7 Å². The number of carbonyl (C=O) groups excluding carboxylic acids is 5. The number of Topliss-reactive ketones (excluding diaryl/α,β-unsaturated/α-hetero) is 1. The van der Waals surface area contributed by atoms with Gasteiger partial charge >= 0.3 is 0 Å². The quantitative estimate of drug-likeness (QED) is 0.0670. The number of amides is 4. The van der Waals surface area contributed by atoms with Crippen LogP contribution in [0.2, 0.25) is 0 Å². The predicted octanol–water partition coefficient (Wildman–Crippen LogP) is 3.78. The number of morpholine rings is 1. The second kappa shape index (κ2) is 21.4. The molecule has 6 N–H and O–H groups in total. The summed E-state index contributed by atoms with van der Waals surface area (Å²) in [5.74, 6) is 4.55. The number of nitrogens with one attached hydrogen (secondary N) is 4. The Labute approximate surface area is 368 Å². The molecule has 1 fully saturated rings. The van der Waals surface area contributed by atoms with Crippen molar-refractivity contribution in [1.29, 1.82) is 0 Å². The molecule has 2 aromatic carbocycles. The van der Waals surface area contributed by atoms with Crippen LogP contribution >= 0.6 is 0 Å². The van der Waals surface area contributed by atoms with Gasteiger partial charge in [0, 0.05) is 37.6 Å². The average molecular weight is 859 g/mol. The Balaban J connectivity index is 0.00000771. The fourth-order valence-electron chi connectivity index (χ4n) is 7.21. The van der Waals surface area contributed by atoms with E-state index in [1.165, 1.54) is 20.8 Å². The molecule has 3 aromatic heterocycles. The van der Waals surface area contributed by atoms with E-state index in [1.54, 1.807) is 22.8 Å². The van der Waals surface area contributed by atoms with E-state index in [4.69, 9.17) is 20.4 Å². The lowest BCUT2D eigenvalue weighted by molar-refractivity contribution is -0.133. The first-order valence-corrected chi connectivity index (χ1v) is 21.4. The first-order valence-electron chi connectivity index (χ1n) is 21.4. The Bertz CT molecular complexity index is 2510. The lowest BCUT2D eigenvalue weighted by Crippen LogP contribution is -2.56. The Morgan fingerprint density at radius 1 is 0.825 bits per heavy atom. The van der Waals surface area contributed by atoms with Crippen LogP contribution in [-0.2, 0) is 23.9 Å². The highest BCUT2D eigenvalue weighted by Gasteiger charge is 2.28. The highest BCUT2D eigenvalue weighted by molar-refractivity contribution is 5.95. The Kier molecular flexibility index (Phi) is 15.6. The minimum atomic E-state index is -0.962. The molecule has 6 rings (SSSR count). The number of imidazole rings is 1. The molecule has 0 aliphatic carbocycles. The molecule has 0 saturated carbocycles. The molecule has 4 heterocycles. The molecule has 0 spiro atoms. The minimum absolute atomic E-state index is 0. The zero-order valence-electron chi connectivity index (χ0n) is 36.4. The lowest BCUT2D eigenvalue weighted by atomic mass is 10.0. The van der Waals surface area contributed by atoms with Crippen LogP contribution in [0.4, 0.5) is 5.69 Å². The minimum Gasteiger partial charge on any atom is -0.378 e.